The number of sulfonamides is 1. The van der Waals surface area contributed by atoms with Gasteiger partial charge in [-0.15, -0.1) is 4.13 Å². The van der Waals surface area contributed by atoms with Crippen LogP contribution in [0.1, 0.15) is 12.8 Å². The van der Waals surface area contributed by atoms with Gasteiger partial charge in [-0.3, -0.25) is 0 Å². The Morgan fingerprint density at radius 3 is 2.62 bits per heavy atom. The summed E-state index contributed by atoms with van der Waals surface area (Å²) in [5, 5.41) is 3.31. The van der Waals surface area contributed by atoms with Gasteiger partial charge in [0.25, 0.3) is 0 Å². The largest absolute Gasteiger partial charge is 0.492 e. The van der Waals surface area contributed by atoms with Crippen molar-refractivity contribution in [2.75, 3.05) is 30.0 Å². The first kappa shape index (κ1) is 28.9. The van der Waals surface area contributed by atoms with Crippen LogP contribution in [0.2, 0.25) is 31.0 Å². The van der Waals surface area contributed by atoms with Crippen molar-refractivity contribution in [1.29, 1.82) is 0 Å². The molecule has 1 heterocycles. The Bertz CT molecular complexity index is 1210. The molecule has 2 rings (SSSR count). The maximum absolute atomic E-state index is 13.3. The van der Waals surface area contributed by atoms with Gasteiger partial charge in [-0.2, -0.15) is 4.98 Å². The van der Waals surface area contributed by atoms with Gasteiger partial charge in [0.15, 0.2) is 0 Å². The van der Waals surface area contributed by atoms with Crippen molar-refractivity contribution in [3.63, 3.8) is 0 Å². The lowest BCUT2D eigenvalue weighted by Gasteiger charge is -2.19. The van der Waals surface area contributed by atoms with E-state index in [2.05, 4.69) is 60.9 Å². The van der Waals surface area contributed by atoms with Gasteiger partial charge >= 0.3 is 0 Å². The number of hydrogen-bond donors (Lipinski definition) is 3. The maximum Gasteiger partial charge on any atom is 0.224 e. The predicted octanol–water partition coefficient (Wildman–Crippen LogP) is 3.99. The zero-order valence-electron chi connectivity index (χ0n) is 19.4. The molecule has 0 aliphatic heterocycles. The third kappa shape index (κ3) is 9.70. The summed E-state index contributed by atoms with van der Waals surface area (Å²) in [6.07, 6.45) is 2.98. The Hall–Kier alpha value is -1.38. The smallest absolute Gasteiger partial charge is 0.224 e. The van der Waals surface area contributed by atoms with Crippen molar-refractivity contribution in [1.82, 2.24) is 14.1 Å². The number of nitrogens with zero attached hydrogens (tertiary/aromatic N) is 2. The average Bonchev–Trinajstić information content (AvgIpc) is 2.70. The van der Waals surface area contributed by atoms with E-state index in [1.165, 1.54) is 18.2 Å². The van der Waals surface area contributed by atoms with Crippen LogP contribution in [0.5, 0.6) is 5.75 Å². The monoisotopic (exact) mass is 611 g/mol. The molecule has 0 radical (unpaired) electrons. The van der Waals surface area contributed by atoms with Crippen molar-refractivity contribution in [2.45, 2.75) is 43.4 Å². The summed E-state index contributed by atoms with van der Waals surface area (Å²) in [7, 11) is -8.75. The number of nitrogens with one attached hydrogen (secondary N) is 2. The third-order valence-corrected chi connectivity index (χ3v) is 11.3. The minimum atomic E-state index is -3.78. The molecule has 1 atom stereocenters. The van der Waals surface area contributed by atoms with E-state index in [-0.39, 0.29) is 21.7 Å². The molecule has 0 aliphatic carbocycles. The lowest BCUT2D eigenvalue weighted by atomic mass is 10.3. The van der Waals surface area contributed by atoms with Crippen LogP contribution in [-0.4, -0.2) is 55.4 Å². The highest BCUT2D eigenvalue weighted by molar-refractivity contribution is 9.10. The number of nitrogens with two attached hydrogens (primary N) is 1. The molecule has 0 bridgehead atoms. The summed E-state index contributed by atoms with van der Waals surface area (Å²) in [6.45, 7) is 7.15. The number of rotatable bonds is 13. The molecule has 0 spiro atoms. The highest BCUT2D eigenvalue weighted by Gasteiger charge is 2.24. The third-order valence-electron chi connectivity index (χ3n) is 4.54. The van der Waals surface area contributed by atoms with Gasteiger partial charge in [0.05, 0.1) is 31.4 Å². The first-order valence-corrected chi connectivity index (χ1v) is 18.8. The standard InChI is InChI=1S/C20H31BrClN5O4S2Si/c1-32(28,27-33(29,30)11-12-34(2,3)4)18-8-7-15(23)13-17(18)31-10-6-5-9-24-19-16(21)14-25-20(22)26-19/h7-8,13-14H,1,5-6,9-12,23H2,2-4H3,(H,27,28)(H,24,25,26). The van der Waals surface area contributed by atoms with Crippen LogP contribution in [0.4, 0.5) is 11.5 Å². The Morgan fingerprint density at radius 1 is 1.24 bits per heavy atom. The van der Waals surface area contributed by atoms with E-state index in [9.17, 15) is 12.6 Å². The Labute approximate surface area is 216 Å². The zero-order valence-corrected chi connectivity index (χ0v) is 24.4. The molecule has 1 aromatic carbocycles. The van der Waals surface area contributed by atoms with Gasteiger partial charge in [-0.05, 0) is 64.4 Å². The zero-order chi connectivity index (χ0) is 25.6. The maximum atomic E-state index is 13.3. The van der Waals surface area contributed by atoms with Crippen LogP contribution in [-0.2, 0) is 19.7 Å². The first-order valence-electron chi connectivity index (χ1n) is 10.5. The fraction of sp³-hybridized carbons (Fsp3) is 0.450. The summed E-state index contributed by atoms with van der Waals surface area (Å²) in [6, 6.07) is 5.10. The summed E-state index contributed by atoms with van der Waals surface area (Å²) >= 11 is 9.16. The second-order valence-electron chi connectivity index (χ2n) is 8.91. The van der Waals surface area contributed by atoms with Crippen LogP contribution >= 0.6 is 27.5 Å². The molecule has 190 valence electrons. The first-order chi connectivity index (χ1) is 15.7. The normalized spacial score (nSPS) is 13.9. The van der Waals surface area contributed by atoms with Crippen LogP contribution in [0, 0.1) is 0 Å². The average molecular weight is 613 g/mol. The van der Waals surface area contributed by atoms with Crippen LogP contribution in [0.25, 0.3) is 0 Å². The minimum Gasteiger partial charge on any atom is -0.492 e. The molecule has 0 fully saturated rings. The van der Waals surface area contributed by atoms with E-state index in [0.29, 0.717) is 41.6 Å². The molecule has 0 amide bonds. The molecule has 4 N–H and O–H groups in total. The summed E-state index contributed by atoms with van der Waals surface area (Å²) in [5.74, 6) is 4.40. The van der Waals surface area contributed by atoms with Gasteiger partial charge in [0.1, 0.15) is 11.6 Å². The van der Waals surface area contributed by atoms with Crippen molar-refractivity contribution in [3.05, 3.63) is 34.2 Å². The van der Waals surface area contributed by atoms with Gasteiger partial charge in [-0.25, -0.2) is 17.6 Å². The lowest BCUT2D eigenvalue weighted by molar-refractivity contribution is 0.301. The fourth-order valence-corrected chi connectivity index (χ4v) is 9.78. The second kappa shape index (κ2) is 12.0. The Balaban J connectivity index is 1.97. The van der Waals surface area contributed by atoms with Gasteiger partial charge in [0.2, 0.25) is 15.3 Å². The molecule has 14 heteroatoms. The number of aromatic nitrogens is 2. The SMILES string of the molecule is C=S(=O)(NS(=O)(=O)CC[Si](C)(C)C)c1ccc(N)cc1OCCCCNc1nc(Cl)ncc1Br. The Kier molecular flexibility index (Phi) is 10.2. The van der Waals surface area contributed by atoms with E-state index in [0.717, 1.165) is 6.42 Å². The lowest BCUT2D eigenvalue weighted by Crippen LogP contribution is -2.35. The molecule has 9 nitrogen and oxygen atoms in total. The highest BCUT2D eigenvalue weighted by atomic mass is 79.9. The molecule has 1 aromatic heterocycles. The summed E-state index contributed by atoms with van der Waals surface area (Å²) < 4.78 is 47.1. The van der Waals surface area contributed by atoms with Gasteiger partial charge in [-0.1, -0.05) is 19.6 Å². The second-order valence-corrected chi connectivity index (χ2v) is 19.8. The minimum absolute atomic E-state index is 0.0962. The van der Waals surface area contributed by atoms with Crippen molar-refractivity contribution >= 4 is 72.7 Å². The molecule has 0 saturated heterocycles. The number of unbranched alkanes of at least 4 members (excludes halogenated alkanes) is 1. The predicted molar refractivity (Wildman–Crippen MR) is 147 cm³/mol. The molecule has 2 aromatic rings. The number of anilines is 2. The van der Waals surface area contributed by atoms with E-state index in [1.54, 1.807) is 6.20 Å². The van der Waals surface area contributed by atoms with E-state index < -0.39 is 27.8 Å². The molecular weight excluding hydrogens is 582 g/mol. The number of halogens is 2. The summed E-state index contributed by atoms with van der Waals surface area (Å²) in [5.41, 5.74) is 6.28. The molecular formula is C20H31BrClN5O4S2Si. The van der Waals surface area contributed by atoms with Gasteiger partial charge in [0, 0.05) is 32.6 Å². The Morgan fingerprint density at radius 2 is 1.94 bits per heavy atom. The van der Waals surface area contributed by atoms with Crippen molar-refractivity contribution < 1.29 is 17.4 Å². The fourth-order valence-electron chi connectivity index (χ4n) is 2.73. The molecule has 34 heavy (non-hydrogen) atoms. The number of ether oxygens (including phenoxy) is 1. The van der Waals surface area contributed by atoms with Gasteiger partial charge < -0.3 is 15.8 Å². The summed E-state index contributed by atoms with van der Waals surface area (Å²) in [4.78, 5) is 8.14. The number of benzene rings is 1. The van der Waals surface area contributed by atoms with E-state index >= 15 is 0 Å². The van der Waals surface area contributed by atoms with Crippen LogP contribution < -0.4 is 19.9 Å². The molecule has 0 aliphatic rings. The van der Waals surface area contributed by atoms with E-state index in [4.69, 9.17) is 22.1 Å². The van der Waals surface area contributed by atoms with Crippen LogP contribution in [0.15, 0.2) is 33.8 Å². The molecule has 1 unspecified atom stereocenters. The number of nitrogen functional groups attached to an aromatic ring is 1. The number of hydrogen-bond acceptors (Lipinski definition) is 8. The van der Waals surface area contributed by atoms with Crippen LogP contribution in [0.3, 0.4) is 0 Å². The van der Waals surface area contributed by atoms with E-state index in [1.807, 2.05) is 0 Å². The highest BCUT2D eigenvalue weighted by Crippen LogP contribution is 2.27. The molecule has 0 saturated carbocycles. The van der Waals surface area contributed by atoms with Crippen molar-refractivity contribution in [2.24, 2.45) is 0 Å². The van der Waals surface area contributed by atoms with Crippen molar-refractivity contribution in [3.8, 4) is 5.75 Å². The topological polar surface area (TPSA) is 136 Å². The quantitative estimate of drug-likeness (QED) is 0.102.